The second kappa shape index (κ2) is 7.77. The summed E-state index contributed by atoms with van der Waals surface area (Å²) in [7, 11) is 0. The number of nitrogens with zero attached hydrogens (tertiary/aromatic N) is 2. The average Bonchev–Trinajstić information content (AvgIpc) is 2.71. The molecule has 1 aliphatic rings. The molecule has 4 heteroatoms. The van der Waals surface area contributed by atoms with Crippen molar-refractivity contribution in [3.05, 3.63) is 11.7 Å². The first-order valence-corrected chi connectivity index (χ1v) is 8.21. The summed E-state index contributed by atoms with van der Waals surface area (Å²) in [5.41, 5.74) is 5.85. The van der Waals surface area contributed by atoms with Gasteiger partial charge in [-0.1, -0.05) is 44.7 Å². The predicted octanol–water partition coefficient (Wildman–Crippen LogP) is 3.67. The number of rotatable bonds is 6. The summed E-state index contributed by atoms with van der Waals surface area (Å²) in [6.07, 6.45) is 9.68. The van der Waals surface area contributed by atoms with E-state index in [-0.39, 0.29) is 0 Å². The van der Waals surface area contributed by atoms with Gasteiger partial charge in [0.25, 0.3) is 0 Å². The van der Waals surface area contributed by atoms with Crippen LogP contribution in [0.1, 0.15) is 76.4 Å². The molecule has 1 saturated carbocycles. The van der Waals surface area contributed by atoms with E-state index in [0.717, 1.165) is 24.6 Å². The summed E-state index contributed by atoms with van der Waals surface area (Å²) in [6.45, 7) is 5.15. The Morgan fingerprint density at radius 2 is 1.90 bits per heavy atom. The molecule has 20 heavy (non-hydrogen) atoms. The fourth-order valence-electron chi connectivity index (χ4n) is 3.23. The van der Waals surface area contributed by atoms with Gasteiger partial charge in [0, 0.05) is 12.3 Å². The molecule has 0 saturated heterocycles. The minimum absolute atomic E-state index is 0.456. The molecule has 0 amide bonds. The number of hydrogen-bond acceptors (Lipinski definition) is 4. The van der Waals surface area contributed by atoms with Gasteiger partial charge in [0.2, 0.25) is 5.89 Å². The molecular weight excluding hydrogens is 250 g/mol. The summed E-state index contributed by atoms with van der Waals surface area (Å²) < 4.78 is 5.46. The van der Waals surface area contributed by atoms with E-state index in [4.69, 9.17) is 10.3 Å². The van der Waals surface area contributed by atoms with Crippen molar-refractivity contribution in [3.8, 4) is 0 Å². The van der Waals surface area contributed by atoms with Gasteiger partial charge in [-0.25, -0.2) is 0 Å². The largest absolute Gasteiger partial charge is 0.339 e. The van der Waals surface area contributed by atoms with Gasteiger partial charge in [0.1, 0.15) is 0 Å². The maximum Gasteiger partial charge on any atom is 0.226 e. The van der Waals surface area contributed by atoms with Gasteiger partial charge in [-0.05, 0) is 37.6 Å². The van der Waals surface area contributed by atoms with Crippen LogP contribution in [0.15, 0.2) is 4.52 Å². The zero-order valence-electron chi connectivity index (χ0n) is 13.0. The molecule has 0 aliphatic heterocycles. The van der Waals surface area contributed by atoms with Crippen LogP contribution in [0.5, 0.6) is 0 Å². The van der Waals surface area contributed by atoms with E-state index in [1.807, 2.05) is 0 Å². The molecule has 1 aromatic heterocycles. The maximum absolute atomic E-state index is 5.85. The molecule has 0 radical (unpaired) electrons. The normalized spacial score (nSPS) is 19.2. The lowest BCUT2D eigenvalue weighted by atomic mass is 9.94. The Morgan fingerprint density at radius 1 is 1.20 bits per heavy atom. The van der Waals surface area contributed by atoms with E-state index < -0.39 is 0 Å². The number of aromatic nitrogens is 2. The lowest BCUT2D eigenvalue weighted by Gasteiger charge is -2.14. The molecule has 0 spiro atoms. The van der Waals surface area contributed by atoms with Crippen molar-refractivity contribution in [3.63, 3.8) is 0 Å². The Hall–Kier alpha value is -0.900. The van der Waals surface area contributed by atoms with E-state index in [0.29, 0.717) is 24.3 Å². The SMILES string of the molecule is CC(C)C[C@H](CN)Cc1nc(C2CCCCCC2)no1. The standard InChI is InChI=1S/C16H29N3O/c1-12(2)9-13(11-17)10-15-18-16(19-20-15)14-7-5-3-4-6-8-14/h12-14H,3-11,17H2,1-2H3/t13-/m0/s1. The van der Waals surface area contributed by atoms with Crippen LogP contribution in [0.25, 0.3) is 0 Å². The van der Waals surface area contributed by atoms with Gasteiger partial charge >= 0.3 is 0 Å². The quantitative estimate of drug-likeness (QED) is 0.807. The first kappa shape index (κ1) is 15.5. The Balaban J connectivity index is 1.93. The molecule has 1 atom stereocenters. The van der Waals surface area contributed by atoms with Crippen molar-refractivity contribution in [2.75, 3.05) is 6.54 Å². The van der Waals surface area contributed by atoms with Crippen LogP contribution < -0.4 is 5.73 Å². The molecular formula is C16H29N3O. The lowest BCUT2D eigenvalue weighted by molar-refractivity contribution is 0.327. The minimum Gasteiger partial charge on any atom is -0.339 e. The first-order chi connectivity index (χ1) is 9.69. The summed E-state index contributed by atoms with van der Waals surface area (Å²) >= 11 is 0. The van der Waals surface area contributed by atoms with Crippen molar-refractivity contribution in [1.82, 2.24) is 10.1 Å². The second-order valence-electron chi connectivity index (χ2n) is 6.67. The summed E-state index contributed by atoms with van der Waals surface area (Å²) in [6, 6.07) is 0. The van der Waals surface area contributed by atoms with Gasteiger partial charge in [0.15, 0.2) is 5.82 Å². The van der Waals surface area contributed by atoms with Crippen LogP contribution in [0.2, 0.25) is 0 Å². The molecule has 0 aromatic carbocycles. The molecule has 2 N–H and O–H groups in total. The highest BCUT2D eigenvalue weighted by Gasteiger charge is 2.21. The summed E-state index contributed by atoms with van der Waals surface area (Å²) in [5.74, 6) is 3.34. The second-order valence-corrected chi connectivity index (χ2v) is 6.67. The van der Waals surface area contributed by atoms with Crippen molar-refractivity contribution in [1.29, 1.82) is 0 Å². The molecule has 2 rings (SSSR count). The lowest BCUT2D eigenvalue weighted by Crippen LogP contribution is -2.19. The molecule has 1 heterocycles. The average molecular weight is 279 g/mol. The molecule has 0 bridgehead atoms. The monoisotopic (exact) mass is 279 g/mol. The molecule has 1 aliphatic carbocycles. The Bertz CT molecular complexity index is 381. The van der Waals surface area contributed by atoms with Crippen LogP contribution in [0.3, 0.4) is 0 Å². The first-order valence-electron chi connectivity index (χ1n) is 8.21. The fourth-order valence-corrected chi connectivity index (χ4v) is 3.23. The van der Waals surface area contributed by atoms with Crippen LogP contribution in [-0.2, 0) is 6.42 Å². The molecule has 4 nitrogen and oxygen atoms in total. The van der Waals surface area contributed by atoms with E-state index in [1.165, 1.54) is 38.5 Å². The molecule has 1 fully saturated rings. The van der Waals surface area contributed by atoms with Crippen molar-refractivity contribution in [2.45, 2.75) is 71.1 Å². The van der Waals surface area contributed by atoms with Gasteiger partial charge < -0.3 is 10.3 Å². The smallest absolute Gasteiger partial charge is 0.226 e. The van der Waals surface area contributed by atoms with E-state index in [2.05, 4.69) is 24.0 Å². The highest BCUT2D eigenvalue weighted by atomic mass is 16.5. The minimum atomic E-state index is 0.456. The van der Waals surface area contributed by atoms with Crippen molar-refractivity contribution in [2.24, 2.45) is 17.6 Å². The predicted molar refractivity (Wildman–Crippen MR) is 80.4 cm³/mol. The van der Waals surface area contributed by atoms with Gasteiger partial charge in [0.05, 0.1) is 0 Å². The highest BCUT2D eigenvalue weighted by Crippen LogP contribution is 2.30. The molecule has 1 aromatic rings. The zero-order valence-corrected chi connectivity index (χ0v) is 13.0. The molecule has 114 valence electrons. The maximum atomic E-state index is 5.85. The highest BCUT2D eigenvalue weighted by molar-refractivity contribution is 4.97. The van der Waals surface area contributed by atoms with Crippen LogP contribution in [0, 0.1) is 11.8 Å². The van der Waals surface area contributed by atoms with Crippen LogP contribution in [0.4, 0.5) is 0 Å². The third kappa shape index (κ3) is 4.58. The van der Waals surface area contributed by atoms with E-state index in [1.54, 1.807) is 0 Å². The van der Waals surface area contributed by atoms with Gasteiger partial charge in [-0.3, -0.25) is 0 Å². The van der Waals surface area contributed by atoms with Crippen molar-refractivity contribution < 1.29 is 4.52 Å². The van der Waals surface area contributed by atoms with Crippen LogP contribution >= 0.6 is 0 Å². The third-order valence-corrected chi connectivity index (χ3v) is 4.31. The van der Waals surface area contributed by atoms with Gasteiger partial charge in [-0.15, -0.1) is 0 Å². The number of nitrogens with two attached hydrogens (primary N) is 1. The Morgan fingerprint density at radius 3 is 2.50 bits per heavy atom. The zero-order chi connectivity index (χ0) is 14.4. The third-order valence-electron chi connectivity index (χ3n) is 4.31. The summed E-state index contributed by atoms with van der Waals surface area (Å²) in [4.78, 5) is 4.64. The van der Waals surface area contributed by atoms with Crippen LogP contribution in [-0.4, -0.2) is 16.7 Å². The van der Waals surface area contributed by atoms with E-state index >= 15 is 0 Å². The Kier molecular flexibility index (Phi) is 6.02. The molecule has 0 unspecified atom stereocenters. The van der Waals surface area contributed by atoms with Gasteiger partial charge in [-0.2, -0.15) is 4.98 Å². The fraction of sp³-hybridized carbons (Fsp3) is 0.875. The van der Waals surface area contributed by atoms with Crippen molar-refractivity contribution >= 4 is 0 Å². The summed E-state index contributed by atoms with van der Waals surface area (Å²) in [5, 5.41) is 4.22. The topological polar surface area (TPSA) is 64.9 Å². The van der Waals surface area contributed by atoms with E-state index in [9.17, 15) is 0 Å². The number of hydrogen-bond donors (Lipinski definition) is 1. The Labute approximate surface area is 122 Å².